The molecule has 3 nitrogen and oxygen atoms in total. The van der Waals surface area contributed by atoms with Gasteiger partial charge in [0.2, 0.25) is 0 Å². The number of aromatic nitrogens is 3. The number of hydrogen-bond acceptors (Lipinski definition) is 2. The molecule has 1 aromatic heterocycles. The van der Waals surface area contributed by atoms with E-state index >= 15 is 0 Å². The first-order chi connectivity index (χ1) is 12.2. The van der Waals surface area contributed by atoms with Crippen LogP contribution >= 0.6 is 31.9 Å². The minimum absolute atomic E-state index is 0.808. The van der Waals surface area contributed by atoms with E-state index in [1.807, 2.05) is 72.8 Å². The molecule has 0 aliphatic rings. The topological polar surface area (TPSA) is 30.7 Å². The van der Waals surface area contributed by atoms with E-state index in [2.05, 4.69) is 52.7 Å². The van der Waals surface area contributed by atoms with E-state index in [1.54, 1.807) is 0 Å². The fourth-order valence-corrected chi connectivity index (χ4v) is 3.95. The molecule has 0 N–H and O–H groups in total. The van der Waals surface area contributed by atoms with Crippen molar-refractivity contribution in [3.05, 3.63) is 87.8 Å². The molecule has 0 amide bonds. The lowest BCUT2D eigenvalue weighted by atomic mass is 10.1. The van der Waals surface area contributed by atoms with Crippen molar-refractivity contribution in [1.29, 1.82) is 0 Å². The van der Waals surface area contributed by atoms with Crippen LogP contribution in [0.4, 0.5) is 0 Å². The van der Waals surface area contributed by atoms with Crippen molar-refractivity contribution in [2.24, 2.45) is 0 Å². The van der Waals surface area contributed by atoms with Gasteiger partial charge >= 0.3 is 0 Å². The second-order valence-corrected chi connectivity index (χ2v) is 7.28. The molecule has 0 spiro atoms. The van der Waals surface area contributed by atoms with Gasteiger partial charge in [-0.1, -0.05) is 76.6 Å². The van der Waals surface area contributed by atoms with Crippen LogP contribution < -0.4 is 0 Å². The van der Waals surface area contributed by atoms with Gasteiger partial charge in [0, 0.05) is 20.1 Å². The molecule has 1 heterocycles. The lowest BCUT2D eigenvalue weighted by Gasteiger charge is -2.13. The van der Waals surface area contributed by atoms with Crippen molar-refractivity contribution in [3.63, 3.8) is 0 Å². The zero-order valence-corrected chi connectivity index (χ0v) is 16.3. The van der Waals surface area contributed by atoms with Crippen LogP contribution in [0.15, 0.2) is 87.8 Å². The van der Waals surface area contributed by atoms with Crippen molar-refractivity contribution >= 4 is 31.9 Å². The molecule has 122 valence electrons. The highest BCUT2D eigenvalue weighted by atomic mass is 79.9. The Balaban J connectivity index is 2.00. The molecular formula is C20H13Br2N3. The standard InChI is InChI=1S/C20H13Br2N3/c21-16-11-12-18(17(22)13-16)25-19(14-7-3-1-4-8-14)23-24-20(25)15-9-5-2-6-10-15/h1-13H. The summed E-state index contributed by atoms with van der Waals surface area (Å²) >= 11 is 7.19. The van der Waals surface area contributed by atoms with Crippen LogP contribution in [-0.2, 0) is 0 Å². The maximum Gasteiger partial charge on any atom is 0.168 e. The summed E-state index contributed by atoms with van der Waals surface area (Å²) in [5.74, 6) is 1.62. The molecule has 0 bridgehead atoms. The van der Waals surface area contributed by atoms with Crippen LogP contribution in [-0.4, -0.2) is 14.8 Å². The molecule has 25 heavy (non-hydrogen) atoms. The van der Waals surface area contributed by atoms with Gasteiger partial charge in [-0.15, -0.1) is 10.2 Å². The van der Waals surface area contributed by atoms with Crippen molar-refractivity contribution in [2.45, 2.75) is 0 Å². The van der Waals surface area contributed by atoms with Gasteiger partial charge in [0.1, 0.15) is 0 Å². The predicted molar refractivity (Wildman–Crippen MR) is 108 cm³/mol. The third kappa shape index (κ3) is 3.17. The highest BCUT2D eigenvalue weighted by Gasteiger charge is 2.18. The van der Waals surface area contributed by atoms with Gasteiger partial charge in [0.05, 0.1) is 5.69 Å². The maximum absolute atomic E-state index is 4.48. The Morgan fingerprint density at radius 3 is 1.64 bits per heavy atom. The van der Waals surface area contributed by atoms with E-state index in [4.69, 9.17) is 0 Å². The molecule has 0 saturated heterocycles. The largest absolute Gasteiger partial charge is 0.274 e. The number of rotatable bonds is 3. The zero-order valence-electron chi connectivity index (χ0n) is 13.1. The number of nitrogens with zero attached hydrogens (tertiary/aromatic N) is 3. The van der Waals surface area contributed by atoms with Gasteiger partial charge in [-0.05, 0) is 34.1 Å². The van der Waals surface area contributed by atoms with E-state index in [0.29, 0.717) is 0 Å². The fourth-order valence-electron chi connectivity index (χ4n) is 2.72. The minimum atomic E-state index is 0.808. The molecular weight excluding hydrogens is 442 g/mol. The summed E-state index contributed by atoms with van der Waals surface area (Å²) in [5.41, 5.74) is 3.03. The molecule has 5 heteroatoms. The molecule has 0 aliphatic carbocycles. The summed E-state index contributed by atoms with van der Waals surface area (Å²) in [5, 5.41) is 8.97. The quantitative estimate of drug-likeness (QED) is 0.373. The molecule has 4 aromatic rings. The maximum atomic E-state index is 4.48. The molecule has 4 rings (SSSR count). The summed E-state index contributed by atoms with van der Waals surface area (Å²) in [6, 6.07) is 26.3. The SMILES string of the molecule is Brc1ccc(-n2c(-c3ccccc3)nnc2-c2ccccc2)c(Br)c1. The molecule has 0 radical (unpaired) electrons. The third-order valence-electron chi connectivity index (χ3n) is 3.88. The van der Waals surface area contributed by atoms with Gasteiger partial charge in [-0.25, -0.2) is 0 Å². The van der Waals surface area contributed by atoms with E-state index in [9.17, 15) is 0 Å². The smallest absolute Gasteiger partial charge is 0.168 e. The van der Waals surface area contributed by atoms with Crippen molar-refractivity contribution in [3.8, 4) is 28.5 Å². The fraction of sp³-hybridized carbons (Fsp3) is 0. The summed E-state index contributed by atoms with van der Waals surface area (Å²) in [7, 11) is 0. The first-order valence-electron chi connectivity index (χ1n) is 7.76. The van der Waals surface area contributed by atoms with Crippen LogP contribution in [0.1, 0.15) is 0 Å². The normalized spacial score (nSPS) is 10.8. The van der Waals surface area contributed by atoms with Crippen molar-refractivity contribution < 1.29 is 0 Å². The van der Waals surface area contributed by atoms with E-state index < -0.39 is 0 Å². The zero-order chi connectivity index (χ0) is 17.2. The Hall–Kier alpha value is -2.24. The highest BCUT2D eigenvalue weighted by molar-refractivity contribution is 9.11. The molecule has 0 atom stereocenters. The predicted octanol–water partition coefficient (Wildman–Crippen LogP) is 6.13. The van der Waals surface area contributed by atoms with E-state index in [-0.39, 0.29) is 0 Å². The molecule has 0 unspecified atom stereocenters. The summed E-state index contributed by atoms with van der Waals surface area (Å²) < 4.78 is 4.07. The van der Waals surface area contributed by atoms with Crippen molar-refractivity contribution in [2.75, 3.05) is 0 Å². The Kier molecular flexibility index (Phi) is 4.51. The first kappa shape index (κ1) is 16.2. The highest BCUT2D eigenvalue weighted by Crippen LogP contribution is 2.33. The molecule has 0 aliphatic heterocycles. The van der Waals surface area contributed by atoms with Crippen molar-refractivity contribution in [1.82, 2.24) is 14.8 Å². The Bertz CT molecular complexity index is 955. The lowest BCUT2D eigenvalue weighted by molar-refractivity contribution is 1.06. The van der Waals surface area contributed by atoms with Crippen LogP contribution in [0.3, 0.4) is 0 Å². The lowest BCUT2D eigenvalue weighted by Crippen LogP contribution is -2.01. The number of hydrogen-bond donors (Lipinski definition) is 0. The monoisotopic (exact) mass is 453 g/mol. The Morgan fingerprint density at radius 1 is 0.640 bits per heavy atom. The van der Waals surface area contributed by atoms with Gasteiger partial charge in [-0.3, -0.25) is 4.57 Å². The van der Waals surface area contributed by atoms with Gasteiger partial charge in [0.25, 0.3) is 0 Å². The summed E-state index contributed by atoms with van der Waals surface area (Å²) in [4.78, 5) is 0. The van der Waals surface area contributed by atoms with Crippen LogP contribution in [0.25, 0.3) is 28.5 Å². The van der Waals surface area contributed by atoms with Crippen LogP contribution in [0.2, 0.25) is 0 Å². The summed E-state index contributed by atoms with van der Waals surface area (Å²) in [6.45, 7) is 0. The Morgan fingerprint density at radius 2 is 1.16 bits per heavy atom. The molecule has 0 saturated carbocycles. The average Bonchev–Trinajstić information content (AvgIpc) is 3.08. The Labute approximate surface area is 162 Å². The molecule has 0 fully saturated rings. The van der Waals surface area contributed by atoms with Crippen LogP contribution in [0, 0.1) is 0 Å². The van der Waals surface area contributed by atoms with E-state index in [1.165, 1.54) is 0 Å². The second kappa shape index (κ2) is 6.94. The van der Waals surface area contributed by atoms with Gasteiger partial charge in [-0.2, -0.15) is 0 Å². The van der Waals surface area contributed by atoms with Gasteiger partial charge < -0.3 is 0 Å². The minimum Gasteiger partial charge on any atom is -0.274 e. The average molecular weight is 455 g/mol. The summed E-state index contributed by atoms with van der Waals surface area (Å²) in [6.07, 6.45) is 0. The van der Waals surface area contributed by atoms with Crippen LogP contribution in [0.5, 0.6) is 0 Å². The molecule has 3 aromatic carbocycles. The van der Waals surface area contributed by atoms with E-state index in [0.717, 1.165) is 37.4 Å². The first-order valence-corrected chi connectivity index (χ1v) is 9.34. The number of benzene rings is 3. The second-order valence-electron chi connectivity index (χ2n) is 5.51. The number of halogens is 2. The van der Waals surface area contributed by atoms with Gasteiger partial charge in [0.15, 0.2) is 11.6 Å². The third-order valence-corrected chi connectivity index (χ3v) is 5.01.